The minimum atomic E-state index is -0.0442. The highest BCUT2D eigenvalue weighted by atomic mass is 35.5. The molecule has 5 nitrogen and oxygen atoms in total. The zero-order chi connectivity index (χ0) is 13.4. The fraction of sp³-hybridized carbons (Fsp3) is 0.538. The Kier molecular flexibility index (Phi) is 3.33. The standard InChI is InChI=1S/C13H17ClN4O/c14-12-7-10(11(15)8-16-12)13(19)18-5-3-17(4-6-18)9-1-2-9/h7-9H,1-6,15H2. The molecule has 2 heterocycles. The van der Waals surface area contributed by atoms with Gasteiger partial charge in [0.15, 0.2) is 0 Å². The van der Waals surface area contributed by atoms with Gasteiger partial charge in [-0.2, -0.15) is 0 Å². The molecule has 0 atom stereocenters. The number of aromatic nitrogens is 1. The fourth-order valence-corrected chi connectivity index (χ4v) is 2.68. The number of halogens is 1. The number of anilines is 1. The Morgan fingerprint density at radius 2 is 2.00 bits per heavy atom. The Morgan fingerprint density at radius 1 is 1.32 bits per heavy atom. The van der Waals surface area contributed by atoms with E-state index in [0.29, 0.717) is 16.4 Å². The van der Waals surface area contributed by atoms with Gasteiger partial charge in [-0.05, 0) is 18.9 Å². The average molecular weight is 281 g/mol. The number of nitrogen functional groups attached to an aromatic ring is 1. The van der Waals surface area contributed by atoms with Crippen molar-refractivity contribution in [1.82, 2.24) is 14.8 Å². The summed E-state index contributed by atoms with van der Waals surface area (Å²) in [6.07, 6.45) is 4.05. The molecule has 102 valence electrons. The van der Waals surface area contributed by atoms with Crippen LogP contribution in [0.2, 0.25) is 5.15 Å². The summed E-state index contributed by atoms with van der Waals surface area (Å²) in [7, 11) is 0. The van der Waals surface area contributed by atoms with Crippen LogP contribution >= 0.6 is 11.6 Å². The first kappa shape index (κ1) is 12.7. The first-order valence-electron chi connectivity index (χ1n) is 6.59. The molecule has 1 aromatic rings. The van der Waals surface area contributed by atoms with Crippen molar-refractivity contribution in [1.29, 1.82) is 0 Å². The minimum Gasteiger partial charge on any atom is -0.397 e. The lowest BCUT2D eigenvalue weighted by Gasteiger charge is -2.35. The number of nitrogens with zero attached hydrogens (tertiary/aromatic N) is 3. The Balaban J connectivity index is 1.68. The van der Waals surface area contributed by atoms with Crippen LogP contribution in [-0.4, -0.2) is 52.9 Å². The number of rotatable bonds is 2. The summed E-state index contributed by atoms with van der Waals surface area (Å²) in [6.45, 7) is 3.42. The predicted molar refractivity (Wildman–Crippen MR) is 74.2 cm³/mol. The van der Waals surface area contributed by atoms with Crippen LogP contribution in [0.15, 0.2) is 12.3 Å². The van der Waals surface area contributed by atoms with Crippen molar-refractivity contribution in [2.24, 2.45) is 0 Å². The molecule has 2 N–H and O–H groups in total. The second-order valence-corrected chi connectivity index (χ2v) is 5.54. The molecule has 1 aromatic heterocycles. The zero-order valence-corrected chi connectivity index (χ0v) is 11.4. The Bertz CT molecular complexity index is 495. The minimum absolute atomic E-state index is 0.0442. The van der Waals surface area contributed by atoms with E-state index in [2.05, 4.69) is 9.88 Å². The predicted octanol–water partition coefficient (Wildman–Crippen LogP) is 1.24. The van der Waals surface area contributed by atoms with Crippen molar-refractivity contribution in [2.75, 3.05) is 31.9 Å². The van der Waals surface area contributed by atoms with Gasteiger partial charge in [-0.1, -0.05) is 11.6 Å². The molecule has 0 aromatic carbocycles. The molecular weight excluding hydrogens is 264 g/mol. The van der Waals surface area contributed by atoms with Gasteiger partial charge >= 0.3 is 0 Å². The Morgan fingerprint density at radius 3 is 2.63 bits per heavy atom. The van der Waals surface area contributed by atoms with E-state index in [9.17, 15) is 4.79 Å². The molecule has 6 heteroatoms. The van der Waals surface area contributed by atoms with Crippen molar-refractivity contribution in [3.63, 3.8) is 0 Å². The molecule has 1 aliphatic carbocycles. The lowest BCUT2D eigenvalue weighted by Crippen LogP contribution is -2.49. The van der Waals surface area contributed by atoms with E-state index in [1.165, 1.54) is 19.0 Å². The second kappa shape index (κ2) is 4.98. The van der Waals surface area contributed by atoms with Gasteiger partial charge in [-0.3, -0.25) is 9.69 Å². The number of nitrogens with two attached hydrogens (primary N) is 1. The molecule has 1 amide bonds. The maximum atomic E-state index is 12.4. The summed E-state index contributed by atoms with van der Waals surface area (Å²) in [5.41, 5.74) is 6.65. The molecule has 1 aliphatic heterocycles. The van der Waals surface area contributed by atoms with Gasteiger partial charge in [0.05, 0.1) is 17.4 Å². The van der Waals surface area contributed by atoms with E-state index in [1.807, 2.05) is 4.90 Å². The van der Waals surface area contributed by atoms with Crippen molar-refractivity contribution in [2.45, 2.75) is 18.9 Å². The maximum absolute atomic E-state index is 12.4. The quantitative estimate of drug-likeness (QED) is 0.828. The first-order valence-corrected chi connectivity index (χ1v) is 6.97. The molecule has 0 bridgehead atoms. The molecule has 1 saturated heterocycles. The topological polar surface area (TPSA) is 62.5 Å². The molecule has 0 unspecified atom stereocenters. The summed E-state index contributed by atoms with van der Waals surface area (Å²) in [5.74, 6) is -0.0442. The zero-order valence-electron chi connectivity index (χ0n) is 10.7. The third-order valence-corrected chi connectivity index (χ3v) is 4.00. The highest BCUT2D eigenvalue weighted by Crippen LogP contribution is 2.28. The average Bonchev–Trinajstić information content (AvgIpc) is 3.25. The molecule has 3 rings (SSSR count). The van der Waals surface area contributed by atoms with Crippen LogP contribution in [0.1, 0.15) is 23.2 Å². The summed E-state index contributed by atoms with van der Waals surface area (Å²) in [6, 6.07) is 2.31. The first-order chi connectivity index (χ1) is 9.15. The van der Waals surface area contributed by atoms with Crippen molar-refractivity contribution in [3.8, 4) is 0 Å². The van der Waals surface area contributed by atoms with Crippen LogP contribution in [-0.2, 0) is 0 Å². The second-order valence-electron chi connectivity index (χ2n) is 5.15. The summed E-state index contributed by atoms with van der Waals surface area (Å²) >= 11 is 5.83. The molecule has 1 saturated carbocycles. The van der Waals surface area contributed by atoms with Crippen molar-refractivity contribution in [3.05, 3.63) is 23.0 Å². The number of hydrogen-bond acceptors (Lipinski definition) is 4. The van der Waals surface area contributed by atoms with Gasteiger partial charge in [-0.25, -0.2) is 4.98 Å². The van der Waals surface area contributed by atoms with Gasteiger partial charge in [0, 0.05) is 32.2 Å². The number of carbonyl (C=O) groups excluding carboxylic acids is 1. The van der Waals surface area contributed by atoms with Crippen LogP contribution in [0.5, 0.6) is 0 Å². The van der Waals surface area contributed by atoms with E-state index in [4.69, 9.17) is 17.3 Å². The number of hydrogen-bond donors (Lipinski definition) is 1. The molecule has 19 heavy (non-hydrogen) atoms. The number of pyridine rings is 1. The largest absolute Gasteiger partial charge is 0.397 e. The molecule has 2 aliphatic rings. The lowest BCUT2D eigenvalue weighted by atomic mass is 10.2. The monoisotopic (exact) mass is 280 g/mol. The normalized spacial score (nSPS) is 20.6. The third kappa shape index (κ3) is 2.67. The van der Waals surface area contributed by atoms with E-state index in [0.717, 1.165) is 32.2 Å². The molecule has 0 spiro atoms. The maximum Gasteiger partial charge on any atom is 0.256 e. The molecule has 2 fully saturated rings. The smallest absolute Gasteiger partial charge is 0.256 e. The third-order valence-electron chi connectivity index (χ3n) is 3.80. The summed E-state index contributed by atoms with van der Waals surface area (Å²) in [5, 5.41) is 0.300. The van der Waals surface area contributed by atoms with Crippen molar-refractivity contribution < 1.29 is 4.79 Å². The van der Waals surface area contributed by atoms with Gasteiger partial charge in [-0.15, -0.1) is 0 Å². The number of piperazine rings is 1. The van der Waals surface area contributed by atoms with Crippen LogP contribution in [0.25, 0.3) is 0 Å². The van der Waals surface area contributed by atoms with Crippen LogP contribution in [0, 0.1) is 0 Å². The van der Waals surface area contributed by atoms with Crippen LogP contribution in [0.4, 0.5) is 5.69 Å². The van der Waals surface area contributed by atoms with E-state index in [1.54, 1.807) is 6.07 Å². The lowest BCUT2D eigenvalue weighted by molar-refractivity contribution is 0.0628. The van der Waals surface area contributed by atoms with E-state index >= 15 is 0 Å². The fourth-order valence-electron chi connectivity index (χ4n) is 2.53. The SMILES string of the molecule is Nc1cnc(Cl)cc1C(=O)N1CCN(C2CC2)CC1. The van der Waals surface area contributed by atoms with Crippen LogP contribution < -0.4 is 5.73 Å². The molecule has 0 radical (unpaired) electrons. The highest BCUT2D eigenvalue weighted by molar-refractivity contribution is 6.29. The Labute approximate surface area is 117 Å². The number of carbonyl (C=O) groups is 1. The highest BCUT2D eigenvalue weighted by Gasteiger charge is 2.32. The number of amides is 1. The van der Waals surface area contributed by atoms with Gasteiger partial charge in [0.25, 0.3) is 5.91 Å². The van der Waals surface area contributed by atoms with Crippen molar-refractivity contribution >= 4 is 23.2 Å². The Hall–Kier alpha value is -1.33. The van der Waals surface area contributed by atoms with Gasteiger partial charge in [0.1, 0.15) is 5.15 Å². The summed E-state index contributed by atoms with van der Waals surface area (Å²) < 4.78 is 0. The summed E-state index contributed by atoms with van der Waals surface area (Å²) in [4.78, 5) is 20.6. The molecular formula is C13H17ClN4O. The van der Waals surface area contributed by atoms with E-state index < -0.39 is 0 Å². The van der Waals surface area contributed by atoms with Crippen LogP contribution in [0.3, 0.4) is 0 Å². The van der Waals surface area contributed by atoms with Gasteiger partial charge in [0.2, 0.25) is 0 Å². The van der Waals surface area contributed by atoms with E-state index in [-0.39, 0.29) is 5.91 Å². The van der Waals surface area contributed by atoms with Gasteiger partial charge < -0.3 is 10.6 Å².